The maximum absolute atomic E-state index is 12.1. The van der Waals surface area contributed by atoms with E-state index in [4.69, 9.17) is 0 Å². The van der Waals surface area contributed by atoms with Gasteiger partial charge >= 0.3 is 0 Å². The Morgan fingerprint density at radius 1 is 1.50 bits per heavy atom. The number of carbonyl (C=O) groups excluding carboxylic acids is 1. The number of hydrogen-bond donors (Lipinski definition) is 3. The van der Waals surface area contributed by atoms with Crippen molar-refractivity contribution in [1.82, 2.24) is 9.69 Å². The largest absolute Gasteiger partial charge is 0.388 e. The average Bonchev–Trinajstić information content (AvgIpc) is 2.93. The first-order chi connectivity index (χ1) is 8.56. The summed E-state index contributed by atoms with van der Waals surface area (Å²) in [5.41, 5.74) is 0.594. The lowest BCUT2D eigenvalue weighted by Crippen LogP contribution is -2.41. The van der Waals surface area contributed by atoms with Crippen molar-refractivity contribution in [2.75, 3.05) is 18.9 Å². The lowest BCUT2D eigenvalue weighted by Gasteiger charge is -2.22. The first-order valence-electron chi connectivity index (χ1n) is 6.20. The molecule has 1 aromatic rings. The van der Waals surface area contributed by atoms with Crippen molar-refractivity contribution < 1.29 is 9.90 Å². The molecule has 6 heteroatoms. The molecule has 0 spiro atoms. The number of hydrogen-bond acceptors (Lipinski definition) is 5. The summed E-state index contributed by atoms with van der Waals surface area (Å²) < 4.78 is 4.16. The first kappa shape index (κ1) is 13.3. The Morgan fingerprint density at radius 2 is 2.17 bits per heavy atom. The van der Waals surface area contributed by atoms with Crippen molar-refractivity contribution in [3.63, 3.8) is 0 Å². The Bertz CT molecular complexity index is 439. The Labute approximate surface area is 111 Å². The maximum Gasteiger partial charge on any atom is 0.256 e. The van der Waals surface area contributed by atoms with Gasteiger partial charge in [-0.25, -0.2) is 0 Å². The third-order valence-corrected chi connectivity index (χ3v) is 4.39. The van der Waals surface area contributed by atoms with Crippen LogP contribution in [0, 0.1) is 6.92 Å². The highest BCUT2D eigenvalue weighted by molar-refractivity contribution is 7.10. The summed E-state index contributed by atoms with van der Waals surface area (Å²) in [4.78, 5) is 12.1. The fourth-order valence-corrected chi connectivity index (χ4v) is 3.09. The van der Waals surface area contributed by atoms with E-state index in [0.29, 0.717) is 12.1 Å². The second-order valence-electron chi connectivity index (χ2n) is 4.84. The van der Waals surface area contributed by atoms with Crippen molar-refractivity contribution in [3.05, 3.63) is 11.3 Å². The van der Waals surface area contributed by atoms with Crippen LogP contribution in [0.25, 0.3) is 0 Å². The Hall–Kier alpha value is -1.14. The summed E-state index contributed by atoms with van der Waals surface area (Å²) in [7, 11) is 1.77. The zero-order chi connectivity index (χ0) is 13.2. The van der Waals surface area contributed by atoms with E-state index in [9.17, 15) is 9.90 Å². The Kier molecular flexibility index (Phi) is 3.87. The lowest BCUT2D eigenvalue weighted by molar-refractivity contribution is 0.0449. The predicted octanol–water partition coefficient (Wildman–Crippen LogP) is 1.53. The molecule has 1 fully saturated rings. The number of amides is 1. The fourth-order valence-electron chi connectivity index (χ4n) is 2.35. The molecule has 1 aliphatic rings. The molecule has 2 rings (SSSR count). The molecule has 100 valence electrons. The van der Waals surface area contributed by atoms with Crippen LogP contribution in [0.5, 0.6) is 0 Å². The molecule has 0 aromatic carbocycles. The van der Waals surface area contributed by atoms with Gasteiger partial charge in [-0.2, -0.15) is 4.37 Å². The van der Waals surface area contributed by atoms with Crippen LogP contribution in [0.1, 0.15) is 41.7 Å². The SMILES string of the molecule is CNc1snc(C)c1C(=O)NCC1(O)CCCC1. The molecule has 0 unspecified atom stereocenters. The standard InChI is InChI=1S/C12H19N3O2S/c1-8-9(11(13-2)18-15-8)10(16)14-7-12(17)5-3-4-6-12/h13,17H,3-7H2,1-2H3,(H,14,16). The van der Waals surface area contributed by atoms with Crippen molar-refractivity contribution in [2.45, 2.75) is 38.2 Å². The minimum absolute atomic E-state index is 0.161. The second kappa shape index (κ2) is 5.24. The highest BCUT2D eigenvalue weighted by Gasteiger charge is 2.32. The molecular weight excluding hydrogens is 250 g/mol. The van der Waals surface area contributed by atoms with Crippen LogP contribution in [0.2, 0.25) is 0 Å². The number of carbonyl (C=O) groups is 1. The summed E-state index contributed by atoms with van der Waals surface area (Å²) in [6.45, 7) is 2.14. The fraction of sp³-hybridized carbons (Fsp3) is 0.667. The van der Waals surface area contributed by atoms with Crippen LogP contribution in [-0.2, 0) is 0 Å². The molecule has 1 aromatic heterocycles. The number of anilines is 1. The molecule has 0 saturated heterocycles. The van der Waals surface area contributed by atoms with Crippen molar-refractivity contribution in [2.24, 2.45) is 0 Å². The smallest absolute Gasteiger partial charge is 0.256 e. The van der Waals surface area contributed by atoms with Crippen molar-refractivity contribution in [3.8, 4) is 0 Å². The molecular formula is C12H19N3O2S. The topological polar surface area (TPSA) is 74.2 Å². The van der Waals surface area contributed by atoms with Crippen molar-refractivity contribution in [1.29, 1.82) is 0 Å². The van der Waals surface area contributed by atoms with E-state index in [2.05, 4.69) is 15.0 Å². The minimum atomic E-state index is -0.715. The van der Waals surface area contributed by atoms with Gasteiger partial charge in [-0.3, -0.25) is 4.79 Å². The summed E-state index contributed by atoms with van der Waals surface area (Å²) in [5, 5.41) is 16.7. The number of rotatable bonds is 4. The predicted molar refractivity (Wildman–Crippen MR) is 72.1 cm³/mol. The Morgan fingerprint density at radius 3 is 2.78 bits per heavy atom. The van der Waals surface area contributed by atoms with Gasteiger partial charge in [-0.05, 0) is 31.3 Å². The molecule has 3 N–H and O–H groups in total. The van der Waals surface area contributed by atoms with E-state index in [-0.39, 0.29) is 5.91 Å². The Balaban J connectivity index is 2.01. The van der Waals surface area contributed by atoms with Crippen LogP contribution in [0.3, 0.4) is 0 Å². The van der Waals surface area contributed by atoms with Gasteiger partial charge in [0.15, 0.2) is 0 Å². The zero-order valence-corrected chi connectivity index (χ0v) is 11.6. The quantitative estimate of drug-likeness (QED) is 0.775. The van der Waals surface area contributed by atoms with Crippen LogP contribution in [0.4, 0.5) is 5.00 Å². The lowest BCUT2D eigenvalue weighted by atomic mass is 10.0. The first-order valence-corrected chi connectivity index (χ1v) is 6.98. The van der Waals surface area contributed by atoms with Gasteiger partial charge in [0.1, 0.15) is 5.00 Å². The average molecular weight is 269 g/mol. The van der Waals surface area contributed by atoms with Gasteiger partial charge in [0.05, 0.1) is 16.9 Å². The number of aliphatic hydroxyl groups is 1. The molecule has 0 radical (unpaired) electrons. The summed E-state index contributed by atoms with van der Waals surface area (Å²) >= 11 is 1.28. The molecule has 0 bridgehead atoms. The van der Waals surface area contributed by atoms with E-state index in [1.165, 1.54) is 11.5 Å². The van der Waals surface area contributed by atoms with E-state index in [0.717, 1.165) is 36.4 Å². The summed E-state index contributed by atoms with van der Waals surface area (Å²) in [5.74, 6) is -0.161. The normalized spacial score (nSPS) is 17.7. The minimum Gasteiger partial charge on any atom is -0.388 e. The van der Waals surface area contributed by atoms with Gasteiger partial charge < -0.3 is 15.7 Å². The molecule has 1 saturated carbocycles. The highest BCUT2D eigenvalue weighted by Crippen LogP contribution is 2.29. The van der Waals surface area contributed by atoms with Gasteiger partial charge in [-0.15, -0.1) is 0 Å². The van der Waals surface area contributed by atoms with Gasteiger partial charge in [0.2, 0.25) is 0 Å². The van der Waals surface area contributed by atoms with E-state index in [1.807, 2.05) is 6.92 Å². The van der Waals surface area contributed by atoms with E-state index >= 15 is 0 Å². The van der Waals surface area contributed by atoms with Crippen molar-refractivity contribution >= 4 is 22.4 Å². The molecule has 0 aliphatic heterocycles. The monoisotopic (exact) mass is 269 g/mol. The van der Waals surface area contributed by atoms with Crippen LogP contribution < -0.4 is 10.6 Å². The van der Waals surface area contributed by atoms with Gasteiger partial charge in [-0.1, -0.05) is 12.8 Å². The molecule has 1 heterocycles. The molecule has 0 atom stereocenters. The second-order valence-corrected chi connectivity index (χ2v) is 5.61. The third-order valence-electron chi connectivity index (χ3n) is 3.43. The number of aromatic nitrogens is 1. The summed E-state index contributed by atoms with van der Waals surface area (Å²) in [6.07, 6.45) is 3.61. The van der Waals surface area contributed by atoms with Gasteiger partial charge in [0, 0.05) is 13.6 Å². The third kappa shape index (κ3) is 2.64. The molecule has 18 heavy (non-hydrogen) atoms. The highest BCUT2D eigenvalue weighted by atomic mass is 32.1. The molecule has 1 aliphatic carbocycles. The molecule has 5 nitrogen and oxygen atoms in total. The van der Waals surface area contributed by atoms with E-state index in [1.54, 1.807) is 7.05 Å². The number of nitrogens with zero attached hydrogens (tertiary/aromatic N) is 1. The number of aryl methyl sites for hydroxylation is 1. The zero-order valence-electron chi connectivity index (χ0n) is 10.7. The maximum atomic E-state index is 12.1. The van der Waals surface area contributed by atoms with Crippen LogP contribution >= 0.6 is 11.5 Å². The van der Waals surface area contributed by atoms with E-state index < -0.39 is 5.60 Å². The summed E-state index contributed by atoms with van der Waals surface area (Å²) in [6, 6.07) is 0. The number of nitrogens with one attached hydrogen (secondary N) is 2. The molecule has 1 amide bonds. The van der Waals surface area contributed by atoms with Crippen LogP contribution in [0.15, 0.2) is 0 Å². The van der Waals surface area contributed by atoms with Gasteiger partial charge in [0.25, 0.3) is 5.91 Å². The van der Waals surface area contributed by atoms with Crippen LogP contribution in [-0.4, -0.2) is 34.6 Å².